The molecule has 4 nitrogen and oxygen atoms in total. The molecule has 1 saturated heterocycles. The Morgan fingerprint density at radius 2 is 2.05 bits per heavy atom. The lowest BCUT2D eigenvalue weighted by atomic mass is 10.1. The number of nitrogens with zero attached hydrogens (tertiary/aromatic N) is 1. The summed E-state index contributed by atoms with van der Waals surface area (Å²) in [5.41, 5.74) is -0.0977. The highest BCUT2D eigenvalue weighted by atomic mass is 19.1. The number of benzene rings is 1. The number of hydrogen-bond acceptors (Lipinski definition) is 3. The number of amides is 1. The number of hydrogen-bond donors (Lipinski definition) is 1. The maximum absolute atomic E-state index is 13.4. The molecule has 2 rings (SSSR count). The first kappa shape index (κ1) is 15.7. The van der Waals surface area contributed by atoms with E-state index in [1.165, 1.54) is 12.1 Å². The summed E-state index contributed by atoms with van der Waals surface area (Å²) in [4.78, 5) is 13.3. The summed E-state index contributed by atoms with van der Waals surface area (Å²) in [6, 6.07) is 3.61. The van der Waals surface area contributed by atoms with Crippen LogP contribution in [0.3, 0.4) is 0 Å². The third-order valence-corrected chi connectivity index (χ3v) is 3.13. The molecule has 0 saturated carbocycles. The number of likely N-dealkylation sites (tertiary alicyclic amines) is 1. The molecule has 0 aromatic heterocycles. The minimum Gasteiger partial charge on any atom is -0.444 e. The molecule has 1 fully saturated rings. The van der Waals surface area contributed by atoms with E-state index in [0.717, 1.165) is 6.07 Å². The molecule has 1 amide bonds. The Bertz CT molecular complexity index is 523. The third-order valence-electron chi connectivity index (χ3n) is 3.13. The second-order valence-electron chi connectivity index (χ2n) is 6.20. The van der Waals surface area contributed by atoms with Gasteiger partial charge in [0.1, 0.15) is 17.2 Å². The molecule has 1 aliphatic heterocycles. The number of nitrogens with one attached hydrogen (secondary N) is 1. The summed E-state index contributed by atoms with van der Waals surface area (Å²) in [6.07, 6.45) is -0.339. The van der Waals surface area contributed by atoms with Crippen molar-refractivity contribution in [1.29, 1.82) is 0 Å². The predicted octanol–water partition coefficient (Wildman–Crippen LogP) is 2.67. The van der Waals surface area contributed by atoms with E-state index < -0.39 is 17.2 Å². The van der Waals surface area contributed by atoms with Crippen molar-refractivity contribution in [2.45, 2.75) is 39.0 Å². The molecule has 0 radical (unpaired) electrons. The lowest BCUT2D eigenvalue weighted by Gasteiger charge is -2.40. The summed E-state index contributed by atoms with van der Waals surface area (Å²) < 4.78 is 31.5. The fourth-order valence-electron chi connectivity index (χ4n) is 2.00. The Morgan fingerprint density at radius 3 is 2.62 bits per heavy atom. The van der Waals surface area contributed by atoms with Crippen molar-refractivity contribution >= 4 is 6.09 Å². The quantitative estimate of drug-likeness (QED) is 0.933. The van der Waals surface area contributed by atoms with E-state index in [1.807, 2.05) is 20.8 Å². The molecule has 1 N–H and O–H groups in total. The Labute approximate surface area is 123 Å². The molecule has 116 valence electrons. The number of rotatable bonds is 3. The van der Waals surface area contributed by atoms with Gasteiger partial charge in [-0.25, -0.2) is 13.6 Å². The summed E-state index contributed by atoms with van der Waals surface area (Å²) in [6.45, 7) is 6.81. The van der Waals surface area contributed by atoms with E-state index in [1.54, 1.807) is 4.90 Å². The molecule has 0 aliphatic carbocycles. The SMILES string of the molecule is CC(C)(C)OC(=O)N1CC(NCc2ccc(F)cc2F)C1. The molecular formula is C15H20F2N2O2. The molecule has 21 heavy (non-hydrogen) atoms. The van der Waals surface area contributed by atoms with Crippen LogP contribution in [-0.2, 0) is 11.3 Å². The van der Waals surface area contributed by atoms with Crippen molar-refractivity contribution in [2.75, 3.05) is 13.1 Å². The number of ether oxygens (including phenoxy) is 1. The number of carbonyl (C=O) groups is 1. The number of halogens is 2. The van der Waals surface area contributed by atoms with Gasteiger partial charge in [-0.1, -0.05) is 6.07 Å². The van der Waals surface area contributed by atoms with Gasteiger partial charge in [0.2, 0.25) is 0 Å². The van der Waals surface area contributed by atoms with Crippen LogP contribution in [0.2, 0.25) is 0 Å². The summed E-state index contributed by atoms with van der Waals surface area (Å²) in [5.74, 6) is -1.15. The van der Waals surface area contributed by atoms with Gasteiger partial charge < -0.3 is 15.0 Å². The molecular weight excluding hydrogens is 278 g/mol. The Kier molecular flexibility index (Phi) is 4.46. The fraction of sp³-hybridized carbons (Fsp3) is 0.533. The van der Waals surface area contributed by atoms with Crippen LogP contribution in [0, 0.1) is 11.6 Å². The standard InChI is InChI=1S/C15H20F2N2O2/c1-15(2,3)21-14(20)19-8-12(9-19)18-7-10-4-5-11(16)6-13(10)17/h4-6,12,18H,7-9H2,1-3H3. The first-order valence-electron chi connectivity index (χ1n) is 6.90. The molecule has 6 heteroatoms. The van der Waals surface area contributed by atoms with Gasteiger partial charge in [-0.2, -0.15) is 0 Å². The van der Waals surface area contributed by atoms with Gasteiger partial charge in [-0.15, -0.1) is 0 Å². The van der Waals surface area contributed by atoms with E-state index in [9.17, 15) is 13.6 Å². The van der Waals surface area contributed by atoms with Crippen LogP contribution in [0.5, 0.6) is 0 Å². The summed E-state index contributed by atoms with van der Waals surface area (Å²) in [5, 5.41) is 3.13. The van der Waals surface area contributed by atoms with Crippen molar-refractivity contribution in [1.82, 2.24) is 10.2 Å². The van der Waals surface area contributed by atoms with Gasteiger partial charge in [-0.05, 0) is 26.8 Å². The summed E-state index contributed by atoms with van der Waals surface area (Å²) in [7, 11) is 0. The van der Waals surface area contributed by atoms with Crippen LogP contribution in [-0.4, -0.2) is 35.7 Å². The van der Waals surface area contributed by atoms with Crippen molar-refractivity contribution in [3.8, 4) is 0 Å². The van der Waals surface area contributed by atoms with Gasteiger partial charge in [0, 0.05) is 37.3 Å². The van der Waals surface area contributed by atoms with Crippen LogP contribution >= 0.6 is 0 Å². The van der Waals surface area contributed by atoms with Gasteiger partial charge in [0.25, 0.3) is 0 Å². The zero-order chi connectivity index (χ0) is 15.6. The number of carbonyl (C=O) groups excluding carboxylic acids is 1. The molecule has 1 heterocycles. The second-order valence-corrected chi connectivity index (χ2v) is 6.20. The normalized spacial score (nSPS) is 15.8. The highest BCUT2D eigenvalue weighted by Gasteiger charge is 2.33. The Balaban J connectivity index is 1.75. The monoisotopic (exact) mass is 298 g/mol. The molecule has 1 aromatic carbocycles. The van der Waals surface area contributed by atoms with Crippen LogP contribution in [0.25, 0.3) is 0 Å². The molecule has 0 bridgehead atoms. The molecule has 0 spiro atoms. The Morgan fingerprint density at radius 1 is 1.38 bits per heavy atom. The average molecular weight is 298 g/mol. The van der Waals surface area contributed by atoms with E-state index in [0.29, 0.717) is 25.2 Å². The first-order valence-corrected chi connectivity index (χ1v) is 6.90. The average Bonchev–Trinajstić information content (AvgIpc) is 2.27. The van der Waals surface area contributed by atoms with Crippen molar-refractivity contribution in [2.24, 2.45) is 0 Å². The lowest BCUT2D eigenvalue weighted by molar-refractivity contribution is 0.00515. The lowest BCUT2D eigenvalue weighted by Crippen LogP contribution is -2.60. The zero-order valence-electron chi connectivity index (χ0n) is 12.5. The highest BCUT2D eigenvalue weighted by molar-refractivity contribution is 5.69. The largest absolute Gasteiger partial charge is 0.444 e. The minimum absolute atomic E-state index is 0.0990. The molecule has 0 unspecified atom stereocenters. The van der Waals surface area contributed by atoms with Gasteiger partial charge in [0.05, 0.1) is 0 Å². The molecule has 0 atom stereocenters. The van der Waals surface area contributed by atoms with Gasteiger partial charge in [-0.3, -0.25) is 0 Å². The van der Waals surface area contributed by atoms with E-state index >= 15 is 0 Å². The summed E-state index contributed by atoms with van der Waals surface area (Å²) >= 11 is 0. The molecule has 1 aliphatic rings. The van der Waals surface area contributed by atoms with Gasteiger partial charge in [0.15, 0.2) is 0 Å². The maximum atomic E-state index is 13.4. The van der Waals surface area contributed by atoms with Crippen molar-refractivity contribution < 1.29 is 18.3 Å². The minimum atomic E-state index is -0.587. The highest BCUT2D eigenvalue weighted by Crippen LogP contribution is 2.16. The van der Waals surface area contributed by atoms with E-state index in [4.69, 9.17) is 4.74 Å². The fourth-order valence-corrected chi connectivity index (χ4v) is 2.00. The topological polar surface area (TPSA) is 41.6 Å². The van der Waals surface area contributed by atoms with Gasteiger partial charge >= 0.3 is 6.09 Å². The maximum Gasteiger partial charge on any atom is 0.410 e. The van der Waals surface area contributed by atoms with Crippen LogP contribution in [0.15, 0.2) is 18.2 Å². The van der Waals surface area contributed by atoms with Crippen LogP contribution in [0.1, 0.15) is 26.3 Å². The van der Waals surface area contributed by atoms with Crippen LogP contribution < -0.4 is 5.32 Å². The third kappa shape index (κ3) is 4.39. The molecule has 1 aromatic rings. The van der Waals surface area contributed by atoms with Crippen molar-refractivity contribution in [3.05, 3.63) is 35.4 Å². The predicted molar refractivity (Wildman–Crippen MR) is 74.8 cm³/mol. The van der Waals surface area contributed by atoms with E-state index in [-0.39, 0.29) is 12.1 Å². The second kappa shape index (κ2) is 5.97. The first-order chi connectivity index (χ1) is 9.74. The van der Waals surface area contributed by atoms with E-state index in [2.05, 4.69) is 5.32 Å². The van der Waals surface area contributed by atoms with Crippen LogP contribution in [0.4, 0.5) is 13.6 Å². The zero-order valence-corrected chi connectivity index (χ0v) is 12.5. The smallest absolute Gasteiger partial charge is 0.410 e. The Hall–Kier alpha value is -1.69. The van der Waals surface area contributed by atoms with Crippen molar-refractivity contribution in [3.63, 3.8) is 0 Å².